The molecule has 4 N–H and O–H groups in total. The lowest BCUT2D eigenvalue weighted by Gasteiger charge is -2.32. The average Bonchev–Trinajstić information content (AvgIpc) is 2.49. The summed E-state index contributed by atoms with van der Waals surface area (Å²) in [6.45, 7) is 7.20. The van der Waals surface area contributed by atoms with Crippen molar-refractivity contribution < 1.29 is 25.9 Å². The highest BCUT2D eigenvalue weighted by molar-refractivity contribution is 7.86. The molecule has 1 saturated heterocycles. The van der Waals surface area contributed by atoms with Crippen LogP contribution >= 0.6 is 49.6 Å². The Balaban J connectivity index is -0.000000845. The van der Waals surface area contributed by atoms with Crippen LogP contribution in [0.4, 0.5) is 0 Å². The van der Waals surface area contributed by atoms with Gasteiger partial charge < -0.3 is 10.6 Å². The predicted octanol–water partition coefficient (Wildman–Crippen LogP) is 0.718. The normalized spacial score (nSPS) is 19.9. The molecule has 0 amide bonds. The van der Waals surface area contributed by atoms with Crippen molar-refractivity contribution in [1.29, 1.82) is 0 Å². The Kier molecular flexibility index (Phi) is 23.2. The van der Waals surface area contributed by atoms with Crippen LogP contribution in [0.25, 0.3) is 0 Å². The molecule has 1 fully saturated rings. The summed E-state index contributed by atoms with van der Waals surface area (Å²) in [6, 6.07) is 0. The Morgan fingerprint density at radius 3 is 1.07 bits per heavy atom. The molecule has 2 atom stereocenters. The molecule has 0 radical (unpaired) electrons. The van der Waals surface area contributed by atoms with Crippen LogP contribution in [0.3, 0.4) is 0 Å². The molecule has 0 spiro atoms. The van der Waals surface area contributed by atoms with Gasteiger partial charge in [-0.15, -0.1) is 49.6 Å². The maximum Gasteiger partial charge on any atom is 0.281 e. The van der Waals surface area contributed by atoms with Gasteiger partial charge in [-0.2, -0.15) is 16.8 Å². The lowest BCUT2D eigenvalue weighted by Crippen LogP contribution is -2.50. The zero-order chi connectivity index (χ0) is 19.8. The van der Waals surface area contributed by atoms with E-state index in [0.29, 0.717) is 65.2 Å². The first-order chi connectivity index (χ1) is 12.1. The van der Waals surface area contributed by atoms with Gasteiger partial charge in [0.25, 0.3) is 20.2 Å². The Morgan fingerprint density at radius 1 is 0.667 bits per heavy atom. The van der Waals surface area contributed by atoms with Crippen molar-refractivity contribution in [3.63, 3.8) is 0 Å². The van der Waals surface area contributed by atoms with Crippen molar-refractivity contribution in [1.82, 2.24) is 20.4 Å². The third-order valence-corrected chi connectivity index (χ3v) is 7.14. The molecule has 1 aliphatic heterocycles. The van der Waals surface area contributed by atoms with Crippen molar-refractivity contribution in [2.75, 3.05) is 52.4 Å². The molecule has 2 unspecified atom stereocenters. The summed E-state index contributed by atoms with van der Waals surface area (Å²) >= 11 is 0. The number of nitrogens with one attached hydrogen (secondary N) is 2. The molecule has 188 valence electrons. The molecule has 0 aliphatic carbocycles. The Bertz CT molecular complexity index is 564. The maximum atomic E-state index is 11.6. The first kappa shape index (κ1) is 38.1. The number of halogens is 4. The van der Waals surface area contributed by atoms with E-state index in [1.807, 2.05) is 0 Å². The Hall–Kier alpha value is 0.820. The fourth-order valence-electron chi connectivity index (χ4n) is 3.25. The summed E-state index contributed by atoms with van der Waals surface area (Å²) < 4.78 is 65.1. The van der Waals surface area contributed by atoms with Crippen molar-refractivity contribution in [2.24, 2.45) is 0 Å². The van der Waals surface area contributed by atoms with Crippen LogP contribution in [0.1, 0.15) is 26.7 Å². The molecule has 16 heteroatoms. The van der Waals surface area contributed by atoms with Crippen LogP contribution in [0.5, 0.6) is 0 Å². The van der Waals surface area contributed by atoms with E-state index < -0.39 is 31.0 Å². The number of hydrogen-bond acceptors (Lipinski definition) is 8. The average molecular weight is 562 g/mol. The first-order valence-electron chi connectivity index (χ1n) is 8.93. The van der Waals surface area contributed by atoms with Gasteiger partial charge in [-0.1, -0.05) is 13.8 Å². The summed E-state index contributed by atoms with van der Waals surface area (Å²) in [5, 5.41) is 4.46. The van der Waals surface area contributed by atoms with Gasteiger partial charge in [-0.3, -0.25) is 18.9 Å². The molecule has 0 aromatic carbocycles. The van der Waals surface area contributed by atoms with E-state index in [-0.39, 0.29) is 49.6 Å². The predicted molar refractivity (Wildman–Crippen MR) is 129 cm³/mol. The minimum Gasteiger partial charge on any atom is -0.314 e. The lowest BCUT2D eigenvalue weighted by molar-refractivity contribution is 0.206. The maximum absolute atomic E-state index is 11.6. The smallest absolute Gasteiger partial charge is 0.281 e. The van der Waals surface area contributed by atoms with Crippen molar-refractivity contribution in [3.05, 3.63) is 0 Å². The lowest BCUT2D eigenvalue weighted by atomic mass is 10.3. The number of hydrogen-bond donors (Lipinski definition) is 4. The van der Waals surface area contributed by atoms with Gasteiger partial charge in [0.15, 0.2) is 0 Å². The zero-order valence-corrected chi connectivity index (χ0v) is 22.0. The highest BCUT2D eigenvalue weighted by atomic mass is 35.5. The molecule has 0 saturated carbocycles. The molecule has 0 aromatic rings. The van der Waals surface area contributed by atoms with Gasteiger partial charge in [0, 0.05) is 52.4 Å². The van der Waals surface area contributed by atoms with Crippen LogP contribution in [0.2, 0.25) is 0 Å². The van der Waals surface area contributed by atoms with Gasteiger partial charge in [-0.25, -0.2) is 0 Å². The molecule has 0 bridgehead atoms. The van der Waals surface area contributed by atoms with Crippen molar-refractivity contribution in [3.8, 4) is 0 Å². The second kappa shape index (κ2) is 18.3. The van der Waals surface area contributed by atoms with Crippen molar-refractivity contribution >= 4 is 69.9 Å². The van der Waals surface area contributed by atoms with Gasteiger partial charge >= 0.3 is 0 Å². The Morgan fingerprint density at radius 2 is 0.900 bits per heavy atom. The van der Waals surface area contributed by atoms with E-state index >= 15 is 0 Å². The second-order valence-electron chi connectivity index (χ2n) is 6.33. The summed E-state index contributed by atoms with van der Waals surface area (Å²) in [6.07, 6.45) is 0.582. The molecule has 1 heterocycles. The van der Waals surface area contributed by atoms with Crippen LogP contribution in [-0.2, 0) is 20.2 Å². The van der Waals surface area contributed by atoms with Gasteiger partial charge in [0.1, 0.15) is 10.7 Å². The molecule has 30 heavy (non-hydrogen) atoms. The summed E-state index contributed by atoms with van der Waals surface area (Å²) in [5.74, 6) is 0. The highest BCUT2D eigenvalue weighted by Gasteiger charge is 2.29. The molecule has 10 nitrogen and oxygen atoms in total. The van der Waals surface area contributed by atoms with Crippen LogP contribution < -0.4 is 10.6 Å². The Labute approximate surface area is 205 Å². The van der Waals surface area contributed by atoms with E-state index in [1.165, 1.54) is 0 Å². The second-order valence-corrected chi connectivity index (χ2v) is 9.48. The molecule has 1 rings (SSSR count). The van der Waals surface area contributed by atoms with Crippen LogP contribution in [0.15, 0.2) is 0 Å². The summed E-state index contributed by atoms with van der Waals surface area (Å²) in [5.41, 5.74) is 0. The van der Waals surface area contributed by atoms with Crippen LogP contribution in [-0.4, -0.2) is 98.8 Å². The molecule has 1 aliphatic rings. The van der Waals surface area contributed by atoms with Crippen molar-refractivity contribution in [2.45, 2.75) is 37.4 Å². The minimum absolute atomic E-state index is 0. The topological polar surface area (TPSA) is 139 Å². The van der Waals surface area contributed by atoms with Gasteiger partial charge in [0.05, 0.1) is 0 Å². The fraction of sp³-hybridized carbons (Fsp3) is 1.00. The third kappa shape index (κ3) is 13.4. The SMILES string of the molecule is CCC(N1CCNCCN(C(CC)S(=O)(=O)O)CCNCC1)S(=O)(=O)O.Cl.Cl.Cl.Cl. The van der Waals surface area contributed by atoms with E-state index in [1.54, 1.807) is 23.6 Å². The third-order valence-electron chi connectivity index (χ3n) is 4.50. The summed E-state index contributed by atoms with van der Waals surface area (Å²) in [7, 11) is -8.30. The quantitative estimate of drug-likeness (QED) is 0.343. The van der Waals surface area contributed by atoms with E-state index in [4.69, 9.17) is 0 Å². The van der Waals surface area contributed by atoms with Gasteiger partial charge in [0.2, 0.25) is 0 Å². The van der Waals surface area contributed by atoms with E-state index in [0.717, 1.165) is 0 Å². The van der Waals surface area contributed by atoms with Gasteiger partial charge in [-0.05, 0) is 12.8 Å². The molecular formula is C14H36Cl4N4O6S2. The molecule has 0 aromatic heterocycles. The highest BCUT2D eigenvalue weighted by Crippen LogP contribution is 2.11. The zero-order valence-electron chi connectivity index (χ0n) is 17.1. The monoisotopic (exact) mass is 560 g/mol. The first-order valence-corrected chi connectivity index (χ1v) is 11.9. The van der Waals surface area contributed by atoms with E-state index in [2.05, 4.69) is 10.6 Å². The largest absolute Gasteiger partial charge is 0.314 e. The summed E-state index contributed by atoms with van der Waals surface area (Å²) in [4.78, 5) is 3.45. The minimum atomic E-state index is -4.15. The van der Waals surface area contributed by atoms with E-state index in [9.17, 15) is 25.9 Å². The fourth-order valence-corrected chi connectivity index (χ4v) is 5.27. The number of rotatable bonds is 6. The van der Waals surface area contributed by atoms with Crippen LogP contribution in [0, 0.1) is 0 Å². The number of nitrogens with zero attached hydrogens (tertiary/aromatic N) is 2. The standard InChI is InChI=1S/C14H32N4O6S2.4ClH/c1-3-13(25(19,20)21)17-9-5-15-7-11-18(12-8-16-6-10-17)14(4-2)26(22,23)24;;;;/h13-16H,3-12H2,1-2H3,(H,19,20,21)(H,22,23,24);4*1H. The molecular weight excluding hydrogens is 526 g/mol.